The number of rotatable bonds is 2. The summed E-state index contributed by atoms with van der Waals surface area (Å²) >= 11 is 17.0. The van der Waals surface area contributed by atoms with E-state index in [4.69, 9.17) is 39.5 Å². The van der Waals surface area contributed by atoms with Gasteiger partial charge < -0.3 is 4.74 Å². The molecule has 1 aromatic heterocycles. The second-order valence-corrected chi connectivity index (χ2v) is 3.15. The van der Waals surface area contributed by atoms with Gasteiger partial charge in [-0.25, -0.2) is 0 Å². The van der Waals surface area contributed by atoms with Gasteiger partial charge in [-0.3, -0.25) is 0 Å². The lowest BCUT2D eigenvalue weighted by atomic mass is 10.5. The molecule has 0 saturated heterocycles. The molecule has 2 nitrogen and oxygen atoms in total. The lowest BCUT2D eigenvalue weighted by Crippen LogP contribution is -1.95. The first-order valence-electron chi connectivity index (χ1n) is 3.29. The fraction of sp³-hybridized carbons (Fsp3) is 0.286. The Morgan fingerprint density at radius 2 is 2.00 bits per heavy atom. The van der Waals surface area contributed by atoms with Crippen LogP contribution in [0.1, 0.15) is 6.92 Å². The van der Waals surface area contributed by atoms with Gasteiger partial charge in [0.15, 0.2) is 5.15 Å². The maximum Gasteiger partial charge on any atom is 0.234 e. The van der Waals surface area contributed by atoms with Gasteiger partial charge in [0.1, 0.15) is 5.02 Å². The van der Waals surface area contributed by atoms with Crippen molar-refractivity contribution >= 4 is 34.8 Å². The van der Waals surface area contributed by atoms with Crippen molar-refractivity contribution in [3.63, 3.8) is 0 Å². The molecule has 1 rings (SSSR count). The Bertz CT molecular complexity index is 290. The first-order chi connectivity index (χ1) is 5.65. The number of nitrogens with zero attached hydrogens (tertiary/aromatic N) is 1. The van der Waals surface area contributed by atoms with Crippen LogP contribution < -0.4 is 4.74 Å². The van der Waals surface area contributed by atoms with Crippen molar-refractivity contribution in [1.29, 1.82) is 0 Å². The molecule has 0 aliphatic rings. The van der Waals surface area contributed by atoms with Crippen molar-refractivity contribution in [2.24, 2.45) is 0 Å². The van der Waals surface area contributed by atoms with Crippen LogP contribution in [0.3, 0.4) is 0 Å². The Morgan fingerprint density at radius 1 is 1.33 bits per heavy atom. The van der Waals surface area contributed by atoms with Gasteiger partial charge in [-0.05, 0) is 13.0 Å². The minimum Gasteiger partial charge on any atom is -0.477 e. The maximum atomic E-state index is 5.75. The molecule has 0 saturated carbocycles. The Hall–Kier alpha value is -0.180. The molecule has 12 heavy (non-hydrogen) atoms. The minimum absolute atomic E-state index is 0.199. The monoisotopic (exact) mass is 225 g/mol. The Labute approximate surface area is 85.4 Å². The van der Waals surface area contributed by atoms with Gasteiger partial charge in [-0.1, -0.05) is 34.8 Å². The van der Waals surface area contributed by atoms with Crippen LogP contribution in [-0.2, 0) is 0 Å². The molecule has 0 unspecified atom stereocenters. The summed E-state index contributed by atoms with van der Waals surface area (Å²) in [7, 11) is 0. The molecule has 0 aromatic carbocycles. The molecule has 0 aliphatic carbocycles. The van der Waals surface area contributed by atoms with E-state index in [2.05, 4.69) is 4.98 Å². The van der Waals surface area contributed by atoms with Crippen LogP contribution in [0, 0.1) is 0 Å². The second kappa shape index (κ2) is 4.17. The van der Waals surface area contributed by atoms with E-state index in [1.54, 1.807) is 0 Å². The van der Waals surface area contributed by atoms with Crippen LogP contribution in [0.2, 0.25) is 15.2 Å². The van der Waals surface area contributed by atoms with E-state index < -0.39 is 0 Å². The van der Waals surface area contributed by atoms with Crippen molar-refractivity contribution in [3.05, 3.63) is 21.3 Å². The van der Waals surface area contributed by atoms with Crippen molar-refractivity contribution < 1.29 is 4.74 Å². The molecule has 1 aromatic rings. The second-order valence-electron chi connectivity index (χ2n) is 1.98. The zero-order chi connectivity index (χ0) is 9.14. The third-order valence-electron chi connectivity index (χ3n) is 1.14. The largest absolute Gasteiger partial charge is 0.477 e. The molecule has 66 valence electrons. The van der Waals surface area contributed by atoms with E-state index >= 15 is 0 Å². The molecule has 0 N–H and O–H groups in total. The van der Waals surface area contributed by atoms with Crippen molar-refractivity contribution in [2.45, 2.75) is 6.92 Å². The highest BCUT2D eigenvalue weighted by atomic mass is 35.5. The van der Waals surface area contributed by atoms with E-state index in [1.807, 2.05) is 6.92 Å². The van der Waals surface area contributed by atoms with Gasteiger partial charge in [0, 0.05) is 0 Å². The normalized spacial score (nSPS) is 10.0. The summed E-state index contributed by atoms with van der Waals surface area (Å²) in [5, 5.41) is 0.890. The van der Waals surface area contributed by atoms with Gasteiger partial charge >= 0.3 is 0 Å². The SMILES string of the molecule is CCOc1nc(Cl)c(Cl)cc1Cl. The summed E-state index contributed by atoms with van der Waals surface area (Å²) in [6, 6.07) is 1.50. The molecule has 0 atom stereocenters. The van der Waals surface area contributed by atoms with Crippen molar-refractivity contribution in [1.82, 2.24) is 4.98 Å². The van der Waals surface area contributed by atoms with Gasteiger partial charge in [0.05, 0.1) is 11.6 Å². The summed E-state index contributed by atoms with van der Waals surface area (Å²) in [5.41, 5.74) is 0. The number of aromatic nitrogens is 1. The maximum absolute atomic E-state index is 5.75. The highest BCUT2D eigenvalue weighted by Crippen LogP contribution is 2.30. The molecule has 0 bridgehead atoms. The third-order valence-corrected chi connectivity index (χ3v) is 2.08. The van der Waals surface area contributed by atoms with Crippen LogP contribution >= 0.6 is 34.8 Å². The standard InChI is InChI=1S/C7H6Cl3NO/c1-2-12-7-5(9)3-4(8)6(10)11-7/h3H,2H2,1H3. The highest BCUT2D eigenvalue weighted by Gasteiger charge is 2.07. The van der Waals surface area contributed by atoms with Gasteiger partial charge in [-0.15, -0.1) is 0 Å². The highest BCUT2D eigenvalue weighted by molar-refractivity contribution is 6.42. The van der Waals surface area contributed by atoms with Crippen LogP contribution in [-0.4, -0.2) is 11.6 Å². The molecule has 0 spiro atoms. The van der Waals surface area contributed by atoms with E-state index in [0.29, 0.717) is 22.5 Å². The fourth-order valence-corrected chi connectivity index (χ4v) is 1.21. The lowest BCUT2D eigenvalue weighted by molar-refractivity contribution is 0.327. The smallest absolute Gasteiger partial charge is 0.234 e. The summed E-state index contributed by atoms with van der Waals surface area (Å²) in [6.07, 6.45) is 0. The summed E-state index contributed by atoms with van der Waals surface area (Å²) < 4.78 is 5.09. The number of pyridine rings is 1. The van der Waals surface area contributed by atoms with E-state index in [-0.39, 0.29) is 5.15 Å². The molecule has 5 heteroatoms. The van der Waals surface area contributed by atoms with Crippen LogP contribution in [0.15, 0.2) is 6.07 Å². The van der Waals surface area contributed by atoms with E-state index in [9.17, 15) is 0 Å². The number of halogens is 3. The number of hydrogen-bond acceptors (Lipinski definition) is 2. The first-order valence-corrected chi connectivity index (χ1v) is 4.43. The quantitative estimate of drug-likeness (QED) is 0.721. The third kappa shape index (κ3) is 2.16. The molecule has 0 aliphatic heterocycles. The molecule has 0 amide bonds. The molecular formula is C7H6Cl3NO. The molecule has 1 heterocycles. The fourth-order valence-electron chi connectivity index (χ4n) is 0.666. The topological polar surface area (TPSA) is 22.1 Å². The van der Waals surface area contributed by atoms with E-state index in [0.717, 1.165) is 0 Å². The lowest BCUT2D eigenvalue weighted by Gasteiger charge is -2.04. The predicted octanol–water partition coefficient (Wildman–Crippen LogP) is 3.44. The first kappa shape index (κ1) is 9.90. The van der Waals surface area contributed by atoms with Crippen molar-refractivity contribution in [3.8, 4) is 5.88 Å². The number of ether oxygens (including phenoxy) is 1. The minimum atomic E-state index is 0.199. The predicted molar refractivity (Wildman–Crippen MR) is 50.4 cm³/mol. The van der Waals surface area contributed by atoms with Crippen molar-refractivity contribution in [2.75, 3.05) is 6.61 Å². The van der Waals surface area contributed by atoms with Gasteiger partial charge in [0.2, 0.25) is 5.88 Å². The summed E-state index contributed by atoms with van der Waals surface area (Å²) in [4.78, 5) is 3.84. The average Bonchev–Trinajstić information content (AvgIpc) is 2.01. The van der Waals surface area contributed by atoms with Gasteiger partial charge in [0.25, 0.3) is 0 Å². The Balaban J connectivity index is 3.05. The van der Waals surface area contributed by atoms with Crippen LogP contribution in [0.25, 0.3) is 0 Å². The number of hydrogen-bond donors (Lipinski definition) is 0. The zero-order valence-electron chi connectivity index (χ0n) is 6.27. The summed E-state index contributed by atoms with van der Waals surface area (Å²) in [5.74, 6) is 0.313. The zero-order valence-corrected chi connectivity index (χ0v) is 8.54. The summed E-state index contributed by atoms with van der Waals surface area (Å²) in [6.45, 7) is 2.32. The Morgan fingerprint density at radius 3 is 2.58 bits per heavy atom. The molecule has 0 radical (unpaired) electrons. The molecular weight excluding hydrogens is 220 g/mol. The molecule has 0 fully saturated rings. The van der Waals surface area contributed by atoms with E-state index in [1.165, 1.54) is 6.07 Å². The van der Waals surface area contributed by atoms with Crippen LogP contribution in [0.5, 0.6) is 5.88 Å². The van der Waals surface area contributed by atoms with Gasteiger partial charge in [-0.2, -0.15) is 4.98 Å². The van der Waals surface area contributed by atoms with Crippen LogP contribution in [0.4, 0.5) is 0 Å². The Kier molecular flexibility index (Phi) is 3.44. The average molecular weight is 226 g/mol.